The largest absolute Gasteiger partial charge is 0.389 e. The minimum Gasteiger partial charge on any atom is -0.389 e. The lowest BCUT2D eigenvalue weighted by molar-refractivity contribution is 0.0608. The molecule has 0 aromatic heterocycles. The van der Waals surface area contributed by atoms with Gasteiger partial charge in [0.15, 0.2) is 0 Å². The van der Waals surface area contributed by atoms with Crippen molar-refractivity contribution in [3.63, 3.8) is 0 Å². The summed E-state index contributed by atoms with van der Waals surface area (Å²) in [6, 6.07) is 13.3. The second kappa shape index (κ2) is 6.48. The van der Waals surface area contributed by atoms with Crippen LogP contribution in [0, 0.1) is 0 Å². The van der Waals surface area contributed by atoms with E-state index in [9.17, 15) is 5.11 Å². The lowest BCUT2D eigenvalue weighted by Gasteiger charge is -2.24. The second-order valence-corrected chi connectivity index (χ2v) is 6.97. The molecule has 0 aliphatic heterocycles. The van der Waals surface area contributed by atoms with Crippen molar-refractivity contribution in [2.75, 3.05) is 0 Å². The van der Waals surface area contributed by atoms with Crippen LogP contribution in [-0.2, 0) is 12.8 Å². The van der Waals surface area contributed by atoms with E-state index in [1.807, 2.05) is 37.3 Å². The van der Waals surface area contributed by atoms with Gasteiger partial charge in [-0.1, -0.05) is 57.3 Å². The first kappa shape index (κ1) is 15.8. The molecule has 1 N–H and O–H groups in total. The van der Waals surface area contributed by atoms with E-state index in [1.165, 1.54) is 0 Å². The molecule has 0 bridgehead atoms. The average Bonchev–Trinajstić information content (AvgIpc) is 2.35. The molecule has 2 aromatic carbocycles. The fourth-order valence-electron chi connectivity index (χ4n) is 2.18. The van der Waals surface area contributed by atoms with Crippen LogP contribution in [0.25, 0.3) is 0 Å². The molecule has 0 heterocycles. The number of aliphatic hydroxyl groups is 1. The molecule has 1 unspecified atom stereocenters. The quantitative estimate of drug-likeness (QED) is 0.771. The molecule has 1 atom stereocenters. The number of halogens is 3. The Labute approximate surface area is 137 Å². The van der Waals surface area contributed by atoms with E-state index < -0.39 is 5.60 Å². The van der Waals surface area contributed by atoms with E-state index in [0.717, 1.165) is 15.6 Å². The lowest BCUT2D eigenvalue weighted by Crippen LogP contribution is -2.30. The van der Waals surface area contributed by atoms with Gasteiger partial charge in [-0.05, 0) is 42.3 Å². The fraction of sp³-hybridized carbons (Fsp3) is 0.250. The zero-order valence-electron chi connectivity index (χ0n) is 11.0. The van der Waals surface area contributed by atoms with Crippen LogP contribution in [-0.4, -0.2) is 10.7 Å². The monoisotopic (exact) mass is 372 g/mol. The Morgan fingerprint density at radius 2 is 1.70 bits per heavy atom. The third-order valence-corrected chi connectivity index (χ3v) is 4.20. The highest BCUT2D eigenvalue weighted by atomic mass is 79.9. The maximum Gasteiger partial charge on any atom is 0.0700 e. The van der Waals surface area contributed by atoms with Crippen LogP contribution in [0.2, 0.25) is 10.0 Å². The summed E-state index contributed by atoms with van der Waals surface area (Å²) >= 11 is 15.4. The fourth-order valence-corrected chi connectivity index (χ4v) is 2.92. The van der Waals surface area contributed by atoms with Crippen LogP contribution < -0.4 is 0 Å². The summed E-state index contributed by atoms with van der Waals surface area (Å²) in [6.07, 6.45) is 1.05. The minimum absolute atomic E-state index is 0.485. The van der Waals surface area contributed by atoms with Gasteiger partial charge in [-0.2, -0.15) is 0 Å². The predicted molar refractivity (Wildman–Crippen MR) is 88.6 cm³/mol. The first-order valence-corrected chi connectivity index (χ1v) is 7.81. The topological polar surface area (TPSA) is 20.2 Å². The van der Waals surface area contributed by atoms with Gasteiger partial charge in [0.25, 0.3) is 0 Å². The van der Waals surface area contributed by atoms with Gasteiger partial charge in [0.2, 0.25) is 0 Å². The molecule has 0 saturated heterocycles. The Hall–Kier alpha value is -0.540. The molecular weight excluding hydrogens is 359 g/mol. The van der Waals surface area contributed by atoms with Gasteiger partial charge in [-0.3, -0.25) is 0 Å². The maximum atomic E-state index is 10.6. The molecule has 20 heavy (non-hydrogen) atoms. The first-order chi connectivity index (χ1) is 9.35. The lowest BCUT2D eigenvalue weighted by atomic mass is 9.90. The molecule has 4 heteroatoms. The van der Waals surface area contributed by atoms with Crippen LogP contribution in [0.15, 0.2) is 46.9 Å². The van der Waals surface area contributed by atoms with E-state index in [-0.39, 0.29) is 0 Å². The summed E-state index contributed by atoms with van der Waals surface area (Å²) in [5.74, 6) is 0. The predicted octanol–water partition coefficient (Wildman–Crippen LogP) is 5.29. The normalized spacial score (nSPS) is 14.1. The molecule has 1 nitrogen and oxygen atoms in total. The molecule has 0 saturated carbocycles. The molecule has 0 fully saturated rings. The highest BCUT2D eigenvalue weighted by Crippen LogP contribution is 2.26. The van der Waals surface area contributed by atoms with Gasteiger partial charge in [0, 0.05) is 27.4 Å². The second-order valence-electron chi connectivity index (χ2n) is 5.21. The number of rotatable bonds is 4. The van der Waals surface area contributed by atoms with Crippen LogP contribution in [0.5, 0.6) is 0 Å². The van der Waals surface area contributed by atoms with Crippen LogP contribution in [0.3, 0.4) is 0 Å². The molecule has 0 amide bonds. The van der Waals surface area contributed by atoms with Crippen molar-refractivity contribution in [3.8, 4) is 0 Å². The van der Waals surface area contributed by atoms with E-state index in [2.05, 4.69) is 15.9 Å². The molecule has 2 aromatic rings. The standard InChI is InChI=1S/C16H15BrCl2O/c1-16(20,9-11-2-5-13(17)6-3-11)10-12-4-7-14(18)8-15(12)19/h2-8,20H,9-10H2,1H3. The Bertz CT molecular complexity index is 594. The summed E-state index contributed by atoms with van der Waals surface area (Å²) in [5, 5.41) is 11.8. The molecule has 2 rings (SSSR count). The van der Waals surface area contributed by atoms with E-state index in [1.54, 1.807) is 12.1 Å². The Morgan fingerprint density at radius 1 is 1.05 bits per heavy atom. The molecule has 0 radical (unpaired) electrons. The number of benzene rings is 2. The summed E-state index contributed by atoms with van der Waals surface area (Å²) in [5.41, 5.74) is 1.13. The van der Waals surface area contributed by atoms with Crippen molar-refractivity contribution in [1.82, 2.24) is 0 Å². The van der Waals surface area contributed by atoms with E-state index >= 15 is 0 Å². The van der Waals surface area contributed by atoms with Crippen molar-refractivity contribution >= 4 is 39.1 Å². The maximum absolute atomic E-state index is 10.6. The van der Waals surface area contributed by atoms with Crippen molar-refractivity contribution in [2.24, 2.45) is 0 Å². The highest BCUT2D eigenvalue weighted by molar-refractivity contribution is 9.10. The summed E-state index contributed by atoms with van der Waals surface area (Å²) in [6.45, 7) is 1.82. The summed E-state index contributed by atoms with van der Waals surface area (Å²) < 4.78 is 1.03. The summed E-state index contributed by atoms with van der Waals surface area (Å²) in [4.78, 5) is 0. The Morgan fingerprint density at radius 3 is 2.30 bits per heavy atom. The van der Waals surface area contributed by atoms with Crippen LogP contribution >= 0.6 is 39.1 Å². The smallest absolute Gasteiger partial charge is 0.0700 e. The molecule has 0 aliphatic rings. The van der Waals surface area contributed by atoms with Gasteiger partial charge in [0.1, 0.15) is 0 Å². The van der Waals surface area contributed by atoms with Crippen molar-refractivity contribution in [1.29, 1.82) is 0 Å². The highest BCUT2D eigenvalue weighted by Gasteiger charge is 2.22. The molecule has 106 valence electrons. The number of hydrogen-bond acceptors (Lipinski definition) is 1. The van der Waals surface area contributed by atoms with Crippen molar-refractivity contribution in [2.45, 2.75) is 25.4 Å². The van der Waals surface area contributed by atoms with Crippen molar-refractivity contribution < 1.29 is 5.11 Å². The van der Waals surface area contributed by atoms with Crippen LogP contribution in [0.1, 0.15) is 18.1 Å². The van der Waals surface area contributed by atoms with E-state index in [0.29, 0.717) is 22.9 Å². The minimum atomic E-state index is -0.856. The third-order valence-electron chi connectivity index (χ3n) is 3.08. The average molecular weight is 374 g/mol. The van der Waals surface area contributed by atoms with Gasteiger partial charge >= 0.3 is 0 Å². The van der Waals surface area contributed by atoms with Crippen LogP contribution in [0.4, 0.5) is 0 Å². The van der Waals surface area contributed by atoms with Gasteiger partial charge in [-0.25, -0.2) is 0 Å². The Balaban J connectivity index is 2.12. The van der Waals surface area contributed by atoms with Crippen molar-refractivity contribution in [3.05, 3.63) is 68.1 Å². The SMILES string of the molecule is CC(O)(Cc1ccc(Br)cc1)Cc1ccc(Cl)cc1Cl. The van der Waals surface area contributed by atoms with E-state index in [4.69, 9.17) is 23.2 Å². The molecule has 0 aliphatic carbocycles. The zero-order valence-corrected chi connectivity index (χ0v) is 14.1. The Kier molecular flexibility index (Phi) is 5.14. The number of hydrogen-bond donors (Lipinski definition) is 1. The first-order valence-electron chi connectivity index (χ1n) is 6.26. The third kappa shape index (κ3) is 4.49. The van der Waals surface area contributed by atoms with Gasteiger partial charge in [0.05, 0.1) is 5.60 Å². The molecular formula is C16H15BrCl2O. The van der Waals surface area contributed by atoms with Gasteiger partial charge in [-0.15, -0.1) is 0 Å². The summed E-state index contributed by atoms with van der Waals surface area (Å²) in [7, 11) is 0. The zero-order chi connectivity index (χ0) is 14.8. The molecule has 0 spiro atoms. The van der Waals surface area contributed by atoms with Gasteiger partial charge < -0.3 is 5.11 Å².